The molecule has 104 valence electrons. The van der Waals surface area contributed by atoms with Crippen LogP contribution in [0.25, 0.3) is 0 Å². The highest BCUT2D eigenvalue weighted by atomic mass is 32.1. The maximum Gasteiger partial charge on any atom is 0.169 e. The molecule has 1 saturated heterocycles. The predicted octanol–water partition coefficient (Wildman–Crippen LogP) is 2.69. The molecule has 1 aliphatic heterocycles. The second-order valence-electron chi connectivity index (χ2n) is 5.40. The van der Waals surface area contributed by atoms with Crippen molar-refractivity contribution in [3.8, 4) is 0 Å². The number of thiocarbonyl (C=S) groups is 1. The molecule has 1 aliphatic carbocycles. The molecule has 1 saturated carbocycles. The van der Waals surface area contributed by atoms with Crippen LogP contribution in [-0.2, 0) is 4.74 Å². The highest BCUT2D eigenvalue weighted by Gasteiger charge is 2.23. The number of nitrogens with one attached hydrogen (secondary N) is 1. The van der Waals surface area contributed by atoms with Crippen molar-refractivity contribution >= 4 is 17.3 Å². The minimum Gasteiger partial charge on any atom is -0.376 e. The van der Waals surface area contributed by atoms with Gasteiger partial charge in [-0.1, -0.05) is 19.3 Å². The molecule has 1 unspecified atom stereocenters. The van der Waals surface area contributed by atoms with E-state index in [1.165, 1.54) is 44.9 Å². The van der Waals surface area contributed by atoms with Crippen molar-refractivity contribution in [1.82, 2.24) is 10.2 Å². The zero-order chi connectivity index (χ0) is 12.8. The van der Waals surface area contributed by atoms with E-state index >= 15 is 0 Å². The van der Waals surface area contributed by atoms with E-state index in [1.807, 2.05) is 0 Å². The largest absolute Gasteiger partial charge is 0.376 e. The molecule has 1 atom stereocenters. The molecular weight excluding hydrogens is 244 g/mol. The van der Waals surface area contributed by atoms with Gasteiger partial charge in [-0.15, -0.1) is 0 Å². The molecule has 2 rings (SSSR count). The first kappa shape index (κ1) is 14.1. The van der Waals surface area contributed by atoms with Crippen LogP contribution in [0.4, 0.5) is 0 Å². The van der Waals surface area contributed by atoms with Crippen molar-refractivity contribution in [3.05, 3.63) is 0 Å². The number of hydrogen-bond acceptors (Lipinski definition) is 2. The number of hydrogen-bond donors (Lipinski definition) is 1. The van der Waals surface area contributed by atoms with Gasteiger partial charge in [0, 0.05) is 25.7 Å². The van der Waals surface area contributed by atoms with Crippen molar-refractivity contribution in [2.24, 2.45) is 0 Å². The average molecular weight is 270 g/mol. The lowest BCUT2D eigenvalue weighted by Crippen LogP contribution is -2.48. The van der Waals surface area contributed by atoms with Gasteiger partial charge in [-0.25, -0.2) is 0 Å². The molecule has 0 aromatic heterocycles. The average Bonchev–Trinajstić information content (AvgIpc) is 2.92. The van der Waals surface area contributed by atoms with E-state index in [9.17, 15) is 0 Å². The second-order valence-corrected chi connectivity index (χ2v) is 5.79. The Morgan fingerprint density at radius 1 is 1.22 bits per heavy atom. The summed E-state index contributed by atoms with van der Waals surface area (Å²) < 4.78 is 5.62. The molecule has 3 nitrogen and oxygen atoms in total. The number of nitrogens with zero attached hydrogens (tertiary/aromatic N) is 1. The summed E-state index contributed by atoms with van der Waals surface area (Å²) in [4.78, 5) is 2.38. The zero-order valence-corrected chi connectivity index (χ0v) is 12.3. The lowest BCUT2D eigenvalue weighted by Gasteiger charge is -2.35. The van der Waals surface area contributed by atoms with E-state index in [0.717, 1.165) is 24.8 Å². The van der Waals surface area contributed by atoms with Gasteiger partial charge in [-0.3, -0.25) is 0 Å². The van der Waals surface area contributed by atoms with E-state index in [4.69, 9.17) is 17.0 Å². The molecule has 0 radical (unpaired) electrons. The molecule has 0 spiro atoms. The van der Waals surface area contributed by atoms with E-state index in [0.29, 0.717) is 12.1 Å². The topological polar surface area (TPSA) is 24.5 Å². The van der Waals surface area contributed by atoms with Crippen LogP contribution in [0, 0.1) is 0 Å². The summed E-state index contributed by atoms with van der Waals surface area (Å²) in [5.74, 6) is 0. The van der Waals surface area contributed by atoms with Gasteiger partial charge in [0.25, 0.3) is 0 Å². The summed E-state index contributed by atoms with van der Waals surface area (Å²) >= 11 is 5.55. The lowest BCUT2D eigenvalue weighted by atomic mass is 9.94. The molecule has 2 aliphatic rings. The Bertz CT molecular complexity index is 261. The molecule has 1 N–H and O–H groups in total. The number of rotatable bonds is 4. The standard InChI is InChI=1S/C14H26N2OS/c1-2-16(12-7-4-3-5-8-12)14(18)15-11-13-9-6-10-17-13/h12-13H,2-11H2,1H3,(H,15,18). The Kier molecular flexibility index (Phi) is 5.70. The van der Waals surface area contributed by atoms with Gasteiger partial charge in [-0.05, 0) is 44.8 Å². The Morgan fingerprint density at radius 2 is 2.00 bits per heavy atom. The van der Waals surface area contributed by atoms with Crippen molar-refractivity contribution in [3.63, 3.8) is 0 Å². The van der Waals surface area contributed by atoms with Crippen LogP contribution in [0.1, 0.15) is 51.9 Å². The van der Waals surface area contributed by atoms with Gasteiger partial charge in [0.05, 0.1) is 6.10 Å². The summed E-state index contributed by atoms with van der Waals surface area (Å²) in [6.07, 6.45) is 9.44. The van der Waals surface area contributed by atoms with Gasteiger partial charge < -0.3 is 15.0 Å². The zero-order valence-electron chi connectivity index (χ0n) is 11.5. The van der Waals surface area contributed by atoms with E-state index in [-0.39, 0.29) is 0 Å². The maximum atomic E-state index is 5.62. The summed E-state index contributed by atoms with van der Waals surface area (Å²) in [6.45, 7) is 5.01. The molecule has 1 heterocycles. The molecule has 0 aromatic rings. The molecule has 0 amide bonds. The molecular formula is C14H26N2OS. The smallest absolute Gasteiger partial charge is 0.169 e. The fourth-order valence-corrected chi connectivity index (χ4v) is 3.43. The Labute approximate surface area is 116 Å². The van der Waals surface area contributed by atoms with Crippen LogP contribution in [-0.4, -0.2) is 41.9 Å². The summed E-state index contributed by atoms with van der Waals surface area (Å²) in [7, 11) is 0. The maximum absolute atomic E-state index is 5.62. The molecule has 18 heavy (non-hydrogen) atoms. The van der Waals surface area contributed by atoms with Crippen molar-refractivity contribution in [2.45, 2.75) is 64.0 Å². The van der Waals surface area contributed by atoms with Gasteiger partial charge in [0.15, 0.2) is 5.11 Å². The fourth-order valence-electron chi connectivity index (χ4n) is 3.07. The second kappa shape index (κ2) is 7.29. The molecule has 0 bridgehead atoms. The van der Waals surface area contributed by atoms with Crippen LogP contribution in [0.15, 0.2) is 0 Å². The fraction of sp³-hybridized carbons (Fsp3) is 0.929. The van der Waals surface area contributed by atoms with Gasteiger partial charge >= 0.3 is 0 Å². The van der Waals surface area contributed by atoms with Gasteiger partial charge in [0.1, 0.15) is 0 Å². The Morgan fingerprint density at radius 3 is 2.61 bits per heavy atom. The highest BCUT2D eigenvalue weighted by molar-refractivity contribution is 7.80. The molecule has 0 aromatic carbocycles. The van der Waals surface area contributed by atoms with Gasteiger partial charge in [0.2, 0.25) is 0 Å². The molecule has 2 fully saturated rings. The van der Waals surface area contributed by atoms with Crippen molar-refractivity contribution in [2.75, 3.05) is 19.7 Å². The van der Waals surface area contributed by atoms with E-state index < -0.39 is 0 Å². The lowest BCUT2D eigenvalue weighted by molar-refractivity contribution is 0.113. The Hall–Kier alpha value is -0.350. The SMILES string of the molecule is CCN(C(=S)NCC1CCCO1)C1CCCCC1. The number of ether oxygens (including phenoxy) is 1. The quantitative estimate of drug-likeness (QED) is 0.794. The first-order valence-corrected chi connectivity index (χ1v) is 7.88. The minimum atomic E-state index is 0.369. The summed E-state index contributed by atoms with van der Waals surface area (Å²) in [5.41, 5.74) is 0. The third kappa shape index (κ3) is 3.82. The van der Waals surface area contributed by atoms with Crippen LogP contribution >= 0.6 is 12.2 Å². The minimum absolute atomic E-state index is 0.369. The van der Waals surface area contributed by atoms with Crippen molar-refractivity contribution < 1.29 is 4.74 Å². The van der Waals surface area contributed by atoms with Crippen LogP contribution in [0.5, 0.6) is 0 Å². The monoisotopic (exact) mass is 270 g/mol. The first-order chi connectivity index (χ1) is 8.81. The van der Waals surface area contributed by atoms with Gasteiger partial charge in [-0.2, -0.15) is 0 Å². The van der Waals surface area contributed by atoms with E-state index in [2.05, 4.69) is 17.1 Å². The van der Waals surface area contributed by atoms with Crippen LogP contribution < -0.4 is 5.32 Å². The predicted molar refractivity (Wildman–Crippen MR) is 78.8 cm³/mol. The van der Waals surface area contributed by atoms with Crippen LogP contribution in [0.3, 0.4) is 0 Å². The third-order valence-electron chi connectivity index (χ3n) is 4.12. The third-order valence-corrected chi connectivity index (χ3v) is 4.50. The Balaban J connectivity index is 1.76. The summed E-state index contributed by atoms with van der Waals surface area (Å²) in [6, 6.07) is 0.660. The van der Waals surface area contributed by atoms with E-state index in [1.54, 1.807) is 0 Å². The highest BCUT2D eigenvalue weighted by Crippen LogP contribution is 2.22. The normalized spacial score (nSPS) is 25.1. The summed E-state index contributed by atoms with van der Waals surface area (Å²) in [5, 5.41) is 4.34. The first-order valence-electron chi connectivity index (χ1n) is 7.47. The molecule has 4 heteroatoms. The van der Waals surface area contributed by atoms with Crippen molar-refractivity contribution in [1.29, 1.82) is 0 Å². The van der Waals surface area contributed by atoms with Crippen LogP contribution in [0.2, 0.25) is 0 Å².